The lowest BCUT2D eigenvalue weighted by molar-refractivity contribution is -0.120. The van der Waals surface area contributed by atoms with E-state index in [-0.39, 0.29) is 23.3 Å². The number of carboxylic acids is 1. The highest BCUT2D eigenvalue weighted by Gasteiger charge is 2.27. The van der Waals surface area contributed by atoms with E-state index in [2.05, 4.69) is 11.4 Å². The number of hydrogen-bond acceptors (Lipinski definition) is 4. The second kappa shape index (κ2) is 6.50. The van der Waals surface area contributed by atoms with Crippen LogP contribution in [0.4, 0.5) is 0 Å². The second-order valence-corrected chi connectivity index (χ2v) is 6.62. The normalized spacial score (nSPS) is 16.7. The van der Waals surface area contributed by atoms with Crippen LogP contribution in [0.25, 0.3) is 0 Å². The molecule has 0 saturated heterocycles. The summed E-state index contributed by atoms with van der Waals surface area (Å²) in [6.07, 6.45) is 0.976. The number of rotatable bonds is 4. The van der Waals surface area contributed by atoms with Gasteiger partial charge in [-0.2, -0.15) is 0 Å². The quantitative estimate of drug-likeness (QED) is 0.900. The number of amides is 1. The van der Waals surface area contributed by atoms with E-state index in [0.717, 1.165) is 17.7 Å². The second-order valence-electron chi connectivity index (χ2n) is 5.41. The summed E-state index contributed by atoms with van der Waals surface area (Å²) in [7, 11) is 0. The molecule has 2 N–H and O–H groups in total. The van der Waals surface area contributed by atoms with E-state index in [4.69, 9.17) is 9.52 Å². The Labute approximate surface area is 138 Å². The van der Waals surface area contributed by atoms with Crippen LogP contribution < -0.4 is 5.32 Å². The zero-order chi connectivity index (χ0) is 16.4. The fourth-order valence-electron chi connectivity index (χ4n) is 2.72. The van der Waals surface area contributed by atoms with Crippen molar-refractivity contribution in [3.63, 3.8) is 0 Å². The number of thioether (sulfide) groups is 1. The summed E-state index contributed by atoms with van der Waals surface area (Å²) in [5.41, 5.74) is 2.41. The molecule has 120 valence electrons. The number of aryl methyl sites for hydroxylation is 2. The molecular formula is C17H17NO4S. The minimum atomic E-state index is -1.03. The largest absolute Gasteiger partial charge is 0.478 e. The number of carbonyl (C=O) groups is 2. The molecule has 0 spiro atoms. The van der Waals surface area contributed by atoms with Gasteiger partial charge in [0, 0.05) is 0 Å². The molecule has 1 aromatic heterocycles. The number of furan rings is 1. The zero-order valence-corrected chi connectivity index (χ0v) is 13.5. The maximum Gasteiger partial charge on any atom is 0.339 e. The molecule has 0 fully saturated rings. The van der Waals surface area contributed by atoms with Gasteiger partial charge in [-0.05, 0) is 36.3 Å². The van der Waals surface area contributed by atoms with Crippen molar-refractivity contribution in [2.24, 2.45) is 0 Å². The lowest BCUT2D eigenvalue weighted by Gasteiger charge is -2.24. The highest BCUT2D eigenvalue weighted by molar-refractivity contribution is 8.00. The van der Waals surface area contributed by atoms with Crippen molar-refractivity contribution in [1.29, 1.82) is 0 Å². The van der Waals surface area contributed by atoms with Gasteiger partial charge >= 0.3 is 5.97 Å². The van der Waals surface area contributed by atoms with E-state index in [1.165, 1.54) is 11.6 Å². The SMILES string of the molecule is Cc1oc(CNC(=O)[C@@H]2SCCc3ccccc32)cc1C(=O)O. The molecule has 1 aliphatic rings. The van der Waals surface area contributed by atoms with Crippen LogP contribution in [0.15, 0.2) is 34.7 Å². The van der Waals surface area contributed by atoms with Gasteiger partial charge in [0.15, 0.2) is 0 Å². The Kier molecular flexibility index (Phi) is 4.43. The Morgan fingerprint density at radius 2 is 2.17 bits per heavy atom. The van der Waals surface area contributed by atoms with Crippen LogP contribution in [-0.4, -0.2) is 22.7 Å². The molecule has 23 heavy (non-hydrogen) atoms. The van der Waals surface area contributed by atoms with Crippen molar-refractivity contribution >= 4 is 23.6 Å². The highest BCUT2D eigenvalue weighted by atomic mass is 32.2. The molecule has 0 aliphatic carbocycles. The van der Waals surface area contributed by atoms with Gasteiger partial charge in [-0.25, -0.2) is 4.79 Å². The van der Waals surface area contributed by atoms with Crippen LogP contribution in [0, 0.1) is 6.92 Å². The summed E-state index contributed by atoms with van der Waals surface area (Å²) in [6.45, 7) is 1.79. The third-order valence-corrected chi connectivity index (χ3v) is 5.11. The average Bonchev–Trinajstić information content (AvgIpc) is 2.93. The predicted octanol–water partition coefficient (Wildman–Crippen LogP) is 2.93. The molecule has 0 radical (unpaired) electrons. The van der Waals surface area contributed by atoms with Gasteiger partial charge in [0.2, 0.25) is 5.91 Å². The predicted molar refractivity (Wildman–Crippen MR) is 87.6 cm³/mol. The van der Waals surface area contributed by atoms with Crippen molar-refractivity contribution in [3.8, 4) is 0 Å². The van der Waals surface area contributed by atoms with Crippen molar-refractivity contribution in [2.45, 2.75) is 25.1 Å². The molecule has 1 aliphatic heterocycles. The number of benzene rings is 1. The van der Waals surface area contributed by atoms with E-state index in [9.17, 15) is 9.59 Å². The van der Waals surface area contributed by atoms with Gasteiger partial charge in [0.1, 0.15) is 22.3 Å². The van der Waals surface area contributed by atoms with Crippen LogP contribution in [-0.2, 0) is 17.8 Å². The fourth-order valence-corrected chi connectivity index (χ4v) is 3.94. The van der Waals surface area contributed by atoms with Crippen LogP contribution >= 0.6 is 11.8 Å². The van der Waals surface area contributed by atoms with Gasteiger partial charge in [-0.15, -0.1) is 11.8 Å². The molecule has 0 saturated carbocycles. The summed E-state index contributed by atoms with van der Waals surface area (Å²) in [5, 5.41) is 11.6. The minimum Gasteiger partial charge on any atom is -0.478 e. The van der Waals surface area contributed by atoms with Crippen molar-refractivity contribution in [1.82, 2.24) is 5.32 Å². The Morgan fingerprint density at radius 3 is 2.91 bits per heavy atom. The van der Waals surface area contributed by atoms with E-state index in [1.54, 1.807) is 18.7 Å². The van der Waals surface area contributed by atoms with E-state index in [0.29, 0.717) is 11.5 Å². The fraction of sp³-hybridized carbons (Fsp3) is 0.294. The van der Waals surface area contributed by atoms with Gasteiger partial charge < -0.3 is 14.8 Å². The number of carbonyl (C=O) groups excluding carboxylic acids is 1. The van der Waals surface area contributed by atoms with Crippen LogP contribution in [0.1, 0.15) is 38.3 Å². The lowest BCUT2D eigenvalue weighted by atomic mass is 10.0. The van der Waals surface area contributed by atoms with Gasteiger partial charge in [-0.3, -0.25) is 4.79 Å². The first-order valence-electron chi connectivity index (χ1n) is 7.36. The molecule has 1 amide bonds. The molecule has 6 heteroatoms. The third-order valence-electron chi connectivity index (χ3n) is 3.87. The van der Waals surface area contributed by atoms with Crippen molar-refractivity contribution in [3.05, 3.63) is 58.5 Å². The first kappa shape index (κ1) is 15.7. The van der Waals surface area contributed by atoms with Crippen molar-refractivity contribution in [2.75, 3.05) is 5.75 Å². The standard InChI is InChI=1S/C17H17NO4S/c1-10-14(17(20)21)8-12(22-10)9-18-16(19)15-13-5-3-2-4-11(13)6-7-23-15/h2-5,8,15H,6-7,9H2,1H3,(H,18,19)(H,20,21)/t15-/m1/s1. The molecule has 1 atom stereocenters. The average molecular weight is 331 g/mol. The maximum atomic E-state index is 12.5. The van der Waals surface area contributed by atoms with Crippen LogP contribution in [0.5, 0.6) is 0 Å². The Balaban J connectivity index is 1.69. The molecule has 2 aromatic rings. The van der Waals surface area contributed by atoms with E-state index in [1.807, 2.05) is 18.2 Å². The molecule has 0 unspecified atom stereocenters. The zero-order valence-electron chi connectivity index (χ0n) is 12.7. The minimum absolute atomic E-state index is 0.0759. The Morgan fingerprint density at radius 1 is 1.39 bits per heavy atom. The Hall–Kier alpha value is -2.21. The maximum absolute atomic E-state index is 12.5. The van der Waals surface area contributed by atoms with Crippen LogP contribution in [0.3, 0.4) is 0 Å². The van der Waals surface area contributed by atoms with Gasteiger partial charge in [0.05, 0.1) is 6.54 Å². The van der Waals surface area contributed by atoms with Gasteiger partial charge in [-0.1, -0.05) is 24.3 Å². The van der Waals surface area contributed by atoms with Crippen LogP contribution in [0.2, 0.25) is 0 Å². The molecular weight excluding hydrogens is 314 g/mol. The summed E-state index contributed by atoms with van der Waals surface area (Å²) in [5.74, 6) is 0.605. The van der Waals surface area contributed by atoms with E-state index >= 15 is 0 Å². The summed E-state index contributed by atoms with van der Waals surface area (Å²) in [4.78, 5) is 23.5. The number of hydrogen-bond donors (Lipinski definition) is 2. The first-order chi connectivity index (χ1) is 11.1. The third kappa shape index (κ3) is 3.27. The summed E-state index contributed by atoms with van der Waals surface area (Å²) in [6, 6.07) is 9.44. The summed E-state index contributed by atoms with van der Waals surface area (Å²) < 4.78 is 5.38. The first-order valence-corrected chi connectivity index (χ1v) is 8.41. The van der Waals surface area contributed by atoms with E-state index < -0.39 is 5.97 Å². The van der Waals surface area contributed by atoms with Crippen molar-refractivity contribution < 1.29 is 19.1 Å². The summed E-state index contributed by atoms with van der Waals surface area (Å²) >= 11 is 1.63. The lowest BCUT2D eigenvalue weighted by Crippen LogP contribution is -2.29. The highest BCUT2D eigenvalue weighted by Crippen LogP contribution is 2.36. The number of carboxylic acid groups (broad SMARTS) is 1. The number of aromatic carboxylic acids is 1. The monoisotopic (exact) mass is 331 g/mol. The molecule has 3 rings (SSSR count). The Bertz CT molecular complexity index is 753. The smallest absolute Gasteiger partial charge is 0.339 e. The van der Waals surface area contributed by atoms with Gasteiger partial charge in [0.25, 0.3) is 0 Å². The molecule has 5 nitrogen and oxygen atoms in total. The number of nitrogens with one attached hydrogen (secondary N) is 1. The number of fused-ring (bicyclic) bond motifs is 1. The molecule has 0 bridgehead atoms. The molecule has 2 heterocycles. The molecule has 1 aromatic carbocycles. The topological polar surface area (TPSA) is 79.5 Å².